The molecular weight excluding hydrogens is 368 g/mol. The van der Waals surface area contributed by atoms with E-state index in [0.717, 1.165) is 11.1 Å². The lowest BCUT2D eigenvalue weighted by molar-refractivity contribution is 0.0632. The maximum atomic E-state index is 12.0. The number of carbonyl (C=O) groups is 4. The van der Waals surface area contributed by atoms with E-state index in [1.54, 1.807) is 26.8 Å². The number of hydrogen-bond donors (Lipinski definition) is 4. The minimum absolute atomic E-state index is 0.261. The van der Waals surface area contributed by atoms with E-state index < -0.39 is 46.1 Å². The second-order valence-corrected chi connectivity index (χ2v) is 6.45. The van der Waals surface area contributed by atoms with Crippen molar-refractivity contribution in [3.8, 4) is 11.1 Å². The Kier molecular flexibility index (Phi) is 5.27. The highest BCUT2D eigenvalue weighted by molar-refractivity contribution is 6.16. The van der Waals surface area contributed by atoms with E-state index in [1.165, 1.54) is 0 Å². The molecule has 0 aliphatic rings. The molecule has 4 N–H and O–H groups in total. The first-order valence-corrected chi connectivity index (χ1v) is 8.12. The van der Waals surface area contributed by atoms with Gasteiger partial charge in [0.2, 0.25) is 0 Å². The molecule has 8 heteroatoms. The van der Waals surface area contributed by atoms with Gasteiger partial charge in [-0.15, -0.1) is 0 Å². The Morgan fingerprint density at radius 3 is 1.50 bits per heavy atom. The van der Waals surface area contributed by atoms with Gasteiger partial charge in [-0.1, -0.05) is 6.07 Å². The molecule has 0 aromatic heterocycles. The van der Waals surface area contributed by atoms with Crippen LogP contribution in [0.3, 0.4) is 0 Å². The van der Waals surface area contributed by atoms with Gasteiger partial charge in [-0.05, 0) is 61.6 Å². The average Bonchev–Trinajstić information content (AvgIpc) is 2.58. The third-order valence-corrected chi connectivity index (χ3v) is 4.82. The van der Waals surface area contributed by atoms with Crippen molar-refractivity contribution in [1.29, 1.82) is 0 Å². The molecule has 146 valence electrons. The van der Waals surface area contributed by atoms with E-state index in [2.05, 4.69) is 0 Å². The summed E-state index contributed by atoms with van der Waals surface area (Å²) in [6.45, 7) is 6.94. The van der Waals surface area contributed by atoms with Crippen molar-refractivity contribution in [1.82, 2.24) is 0 Å². The lowest BCUT2D eigenvalue weighted by atomic mass is 9.82. The van der Waals surface area contributed by atoms with Gasteiger partial charge in [0.15, 0.2) is 0 Å². The summed E-state index contributed by atoms with van der Waals surface area (Å²) >= 11 is 0. The summed E-state index contributed by atoms with van der Waals surface area (Å²) in [5.41, 5.74) is -0.555. The minimum Gasteiger partial charge on any atom is -0.478 e. The normalized spacial score (nSPS) is 10.6. The quantitative estimate of drug-likeness (QED) is 0.611. The predicted molar refractivity (Wildman–Crippen MR) is 98.7 cm³/mol. The Bertz CT molecular complexity index is 1060. The van der Waals surface area contributed by atoms with Crippen LogP contribution in [0.25, 0.3) is 11.1 Å². The molecule has 0 saturated carbocycles. The second kappa shape index (κ2) is 7.15. The number of rotatable bonds is 5. The molecule has 0 bridgehead atoms. The minimum atomic E-state index is -1.77. The molecule has 0 saturated heterocycles. The highest BCUT2D eigenvalue weighted by atomic mass is 16.4. The standard InChI is InChI=1S/C20H18O8/c1-7-5-8(2)13(10(4)9(7)3)14-11(17(21)22)6-12(18(23)24)15(19(25)26)16(14)20(27)28/h5-6H,1-4H3,(H,21,22)(H,23,24)(H,25,26)(H,27,28). The smallest absolute Gasteiger partial charge is 0.337 e. The van der Waals surface area contributed by atoms with Crippen molar-refractivity contribution in [2.45, 2.75) is 27.7 Å². The van der Waals surface area contributed by atoms with Crippen LogP contribution in [-0.4, -0.2) is 44.3 Å². The first-order valence-electron chi connectivity index (χ1n) is 8.12. The zero-order valence-corrected chi connectivity index (χ0v) is 15.6. The Balaban J connectivity index is 3.25. The van der Waals surface area contributed by atoms with Gasteiger partial charge in [-0.25, -0.2) is 19.2 Å². The van der Waals surface area contributed by atoms with Crippen molar-refractivity contribution in [3.63, 3.8) is 0 Å². The molecule has 0 unspecified atom stereocenters. The molecule has 0 atom stereocenters. The zero-order valence-electron chi connectivity index (χ0n) is 15.6. The van der Waals surface area contributed by atoms with Crippen LogP contribution in [0.15, 0.2) is 12.1 Å². The lowest BCUT2D eigenvalue weighted by Gasteiger charge is -2.21. The van der Waals surface area contributed by atoms with Crippen LogP contribution >= 0.6 is 0 Å². The Morgan fingerprint density at radius 2 is 1.07 bits per heavy atom. The number of aryl methyl sites for hydroxylation is 2. The van der Waals surface area contributed by atoms with Crippen LogP contribution < -0.4 is 0 Å². The third kappa shape index (κ3) is 3.20. The van der Waals surface area contributed by atoms with Crippen molar-refractivity contribution >= 4 is 23.9 Å². The third-order valence-electron chi connectivity index (χ3n) is 4.82. The van der Waals surface area contributed by atoms with Crippen molar-refractivity contribution in [3.05, 3.63) is 56.6 Å². The van der Waals surface area contributed by atoms with Crippen LogP contribution in [0.2, 0.25) is 0 Å². The topological polar surface area (TPSA) is 149 Å². The molecular formula is C20H18O8. The molecule has 2 aromatic carbocycles. The zero-order chi connectivity index (χ0) is 21.5. The highest BCUT2D eigenvalue weighted by Crippen LogP contribution is 2.38. The molecule has 0 heterocycles. The van der Waals surface area contributed by atoms with Gasteiger partial charge in [-0.3, -0.25) is 0 Å². The maximum Gasteiger partial charge on any atom is 0.337 e. The molecule has 0 amide bonds. The second-order valence-electron chi connectivity index (χ2n) is 6.45. The van der Waals surface area contributed by atoms with E-state index in [0.29, 0.717) is 17.2 Å². The van der Waals surface area contributed by atoms with Crippen LogP contribution in [0, 0.1) is 27.7 Å². The van der Waals surface area contributed by atoms with Gasteiger partial charge in [-0.2, -0.15) is 0 Å². The molecule has 0 aliphatic heterocycles. The Labute approximate surface area is 159 Å². The lowest BCUT2D eigenvalue weighted by Crippen LogP contribution is -2.20. The monoisotopic (exact) mass is 386 g/mol. The average molecular weight is 386 g/mol. The van der Waals surface area contributed by atoms with Crippen molar-refractivity contribution in [2.75, 3.05) is 0 Å². The highest BCUT2D eigenvalue weighted by Gasteiger charge is 2.33. The van der Waals surface area contributed by atoms with Gasteiger partial charge in [0.25, 0.3) is 0 Å². The fourth-order valence-electron chi connectivity index (χ4n) is 3.38. The molecule has 0 fully saturated rings. The largest absolute Gasteiger partial charge is 0.478 e. The fourth-order valence-corrected chi connectivity index (χ4v) is 3.38. The number of hydrogen-bond acceptors (Lipinski definition) is 4. The first kappa shape index (κ1) is 20.6. The summed E-state index contributed by atoms with van der Waals surface area (Å²) in [5.74, 6) is -6.79. The Hall–Kier alpha value is -3.68. The molecule has 28 heavy (non-hydrogen) atoms. The number of benzene rings is 2. The van der Waals surface area contributed by atoms with Gasteiger partial charge in [0, 0.05) is 5.56 Å². The maximum absolute atomic E-state index is 12.0. The van der Waals surface area contributed by atoms with Crippen molar-refractivity contribution < 1.29 is 39.6 Å². The van der Waals surface area contributed by atoms with Gasteiger partial charge >= 0.3 is 23.9 Å². The number of carboxylic acid groups (broad SMARTS) is 4. The number of carboxylic acids is 4. The summed E-state index contributed by atoms with van der Waals surface area (Å²) in [4.78, 5) is 47.1. The van der Waals surface area contributed by atoms with E-state index in [1.807, 2.05) is 6.92 Å². The number of aromatic carboxylic acids is 4. The summed E-state index contributed by atoms with van der Waals surface area (Å²) in [7, 11) is 0. The Morgan fingerprint density at radius 1 is 0.571 bits per heavy atom. The van der Waals surface area contributed by atoms with E-state index >= 15 is 0 Å². The van der Waals surface area contributed by atoms with E-state index in [9.17, 15) is 39.6 Å². The van der Waals surface area contributed by atoms with Gasteiger partial charge < -0.3 is 20.4 Å². The van der Waals surface area contributed by atoms with E-state index in [-0.39, 0.29) is 11.1 Å². The molecule has 0 aliphatic carbocycles. The van der Waals surface area contributed by atoms with Gasteiger partial charge in [0.05, 0.1) is 22.3 Å². The fraction of sp³-hybridized carbons (Fsp3) is 0.200. The molecule has 2 aromatic rings. The molecule has 0 radical (unpaired) electrons. The van der Waals surface area contributed by atoms with Gasteiger partial charge in [0.1, 0.15) is 0 Å². The van der Waals surface area contributed by atoms with E-state index in [4.69, 9.17) is 0 Å². The molecule has 0 spiro atoms. The predicted octanol–water partition coefficient (Wildman–Crippen LogP) is 3.38. The van der Waals surface area contributed by atoms with Crippen LogP contribution in [0.4, 0.5) is 0 Å². The summed E-state index contributed by atoms with van der Waals surface area (Å²) in [6.07, 6.45) is 0. The van der Waals surface area contributed by atoms with Crippen LogP contribution in [0.1, 0.15) is 63.7 Å². The SMILES string of the molecule is Cc1cc(C)c(-c2c(C(=O)O)cc(C(=O)O)c(C(=O)O)c2C(=O)O)c(C)c1C. The summed E-state index contributed by atoms with van der Waals surface area (Å²) in [5, 5.41) is 38.2. The summed E-state index contributed by atoms with van der Waals surface area (Å²) < 4.78 is 0. The molecule has 8 nitrogen and oxygen atoms in total. The summed E-state index contributed by atoms with van der Waals surface area (Å²) in [6, 6.07) is 2.43. The first-order chi connectivity index (χ1) is 12.9. The van der Waals surface area contributed by atoms with Crippen molar-refractivity contribution in [2.24, 2.45) is 0 Å². The molecule has 2 rings (SSSR count). The van der Waals surface area contributed by atoms with Crippen LogP contribution in [-0.2, 0) is 0 Å². The van der Waals surface area contributed by atoms with Crippen LogP contribution in [0.5, 0.6) is 0 Å².